The number of hydrogen-bond donors (Lipinski definition) is 2. The quantitative estimate of drug-likeness (QED) is 0.724. The Hall–Kier alpha value is -3.20. The predicted octanol–water partition coefficient (Wildman–Crippen LogP) is 1.91. The normalized spacial score (nSPS) is 16.6. The lowest BCUT2D eigenvalue weighted by molar-refractivity contribution is -0.148. The number of esters is 1. The van der Waals surface area contributed by atoms with Gasteiger partial charge in [-0.25, -0.2) is 13.2 Å². The monoisotopic (exact) mass is 415 g/mol. The summed E-state index contributed by atoms with van der Waals surface area (Å²) in [6.45, 7) is 4.89. The molecule has 2 N–H and O–H groups in total. The highest BCUT2D eigenvalue weighted by molar-refractivity contribution is 7.90. The van der Waals surface area contributed by atoms with E-state index < -0.39 is 34.5 Å². The Kier molecular flexibility index (Phi) is 5.69. The molecule has 0 aromatic heterocycles. The average Bonchev–Trinajstić information content (AvgIpc) is 2.93. The SMILES string of the molecule is Cc1ccc(NC(=O)COC(=O)[C@@H](C)N=C2NS(=O)(=O)c3ccccc32)cc1C. The number of nitrogens with zero attached hydrogens (tertiary/aromatic N) is 1. The third-order valence-corrected chi connectivity index (χ3v) is 5.86. The molecule has 0 saturated carbocycles. The molecule has 0 unspecified atom stereocenters. The summed E-state index contributed by atoms with van der Waals surface area (Å²) in [7, 11) is -3.69. The van der Waals surface area contributed by atoms with Crippen molar-refractivity contribution in [3.05, 3.63) is 59.2 Å². The summed E-state index contributed by atoms with van der Waals surface area (Å²) >= 11 is 0. The number of anilines is 1. The summed E-state index contributed by atoms with van der Waals surface area (Å²) in [6.07, 6.45) is 0. The van der Waals surface area contributed by atoms with Gasteiger partial charge < -0.3 is 10.1 Å². The van der Waals surface area contributed by atoms with Gasteiger partial charge in [0.05, 0.1) is 4.90 Å². The Morgan fingerprint density at radius 3 is 2.59 bits per heavy atom. The number of benzene rings is 2. The number of carbonyl (C=O) groups is 2. The maximum Gasteiger partial charge on any atom is 0.331 e. The van der Waals surface area contributed by atoms with Crippen LogP contribution in [0.2, 0.25) is 0 Å². The molecule has 29 heavy (non-hydrogen) atoms. The molecule has 8 nitrogen and oxygen atoms in total. The van der Waals surface area contributed by atoms with E-state index in [9.17, 15) is 18.0 Å². The van der Waals surface area contributed by atoms with Crippen LogP contribution in [0.5, 0.6) is 0 Å². The molecule has 0 aliphatic carbocycles. The second-order valence-electron chi connectivity index (χ2n) is 6.71. The number of aryl methyl sites for hydroxylation is 2. The lowest BCUT2D eigenvalue weighted by Crippen LogP contribution is -2.28. The van der Waals surface area contributed by atoms with Crippen molar-refractivity contribution in [2.45, 2.75) is 31.7 Å². The number of amides is 1. The summed E-state index contributed by atoms with van der Waals surface area (Å²) in [5, 5.41) is 2.66. The van der Waals surface area contributed by atoms with Crippen LogP contribution < -0.4 is 10.0 Å². The van der Waals surface area contributed by atoms with Gasteiger partial charge in [0.15, 0.2) is 6.61 Å². The van der Waals surface area contributed by atoms with Gasteiger partial charge in [0.25, 0.3) is 15.9 Å². The molecule has 0 radical (unpaired) electrons. The minimum Gasteiger partial charge on any atom is -0.454 e. The molecule has 1 aliphatic rings. The molecule has 0 spiro atoms. The molecule has 1 atom stereocenters. The third-order valence-electron chi connectivity index (χ3n) is 4.46. The van der Waals surface area contributed by atoms with E-state index in [1.54, 1.807) is 24.3 Å². The number of aliphatic imine (C=N–C) groups is 1. The van der Waals surface area contributed by atoms with E-state index in [1.165, 1.54) is 13.0 Å². The Morgan fingerprint density at radius 1 is 1.14 bits per heavy atom. The fourth-order valence-electron chi connectivity index (χ4n) is 2.75. The molecule has 2 aromatic rings. The summed E-state index contributed by atoms with van der Waals surface area (Å²) in [5.41, 5.74) is 3.13. The fraction of sp³-hybridized carbons (Fsp3) is 0.250. The third kappa shape index (κ3) is 4.62. The first kappa shape index (κ1) is 20.5. The van der Waals surface area contributed by atoms with Crippen LogP contribution in [0.15, 0.2) is 52.4 Å². The van der Waals surface area contributed by atoms with E-state index in [4.69, 9.17) is 4.74 Å². The molecular formula is C20H21N3O5S. The van der Waals surface area contributed by atoms with E-state index in [0.29, 0.717) is 11.3 Å². The van der Waals surface area contributed by atoms with Crippen LogP contribution in [0.3, 0.4) is 0 Å². The fourth-order valence-corrected chi connectivity index (χ4v) is 3.99. The summed E-state index contributed by atoms with van der Waals surface area (Å²) in [6, 6.07) is 10.8. The highest BCUT2D eigenvalue weighted by Gasteiger charge is 2.31. The smallest absolute Gasteiger partial charge is 0.331 e. The zero-order valence-electron chi connectivity index (χ0n) is 16.2. The second kappa shape index (κ2) is 8.04. The Labute approximate surface area is 169 Å². The van der Waals surface area contributed by atoms with Crippen LogP contribution in [0.25, 0.3) is 0 Å². The van der Waals surface area contributed by atoms with Crippen molar-refractivity contribution in [1.82, 2.24) is 4.72 Å². The maximum atomic E-state index is 12.2. The van der Waals surface area contributed by atoms with Crippen LogP contribution in [0, 0.1) is 13.8 Å². The molecule has 0 fully saturated rings. The molecule has 3 rings (SSSR count). The van der Waals surface area contributed by atoms with Gasteiger partial charge >= 0.3 is 5.97 Å². The lowest BCUT2D eigenvalue weighted by Gasteiger charge is -2.10. The molecule has 152 valence electrons. The van der Waals surface area contributed by atoms with E-state index in [2.05, 4.69) is 15.0 Å². The highest BCUT2D eigenvalue weighted by atomic mass is 32.2. The van der Waals surface area contributed by atoms with Crippen LogP contribution in [-0.4, -0.2) is 38.8 Å². The minimum atomic E-state index is -3.69. The summed E-state index contributed by atoms with van der Waals surface area (Å²) in [4.78, 5) is 28.4. The van der Waals surface area contributed by atoms with Gasteiger partial charge in [-0.05, 0) is 56.2 Å². The van der Waals surface area contributed by atoms with Crippen molar-refractivity contribution in [2.24, 2.45) is 4.99 Å². The van der Waals surface area contributed by atoms with Crippen molar-refractivity contribution in [2.75, 3.05) is 11.9 Å². The highest BCUT2D eigenvalue weighted by Crippen LogP contribution is 2.22. The summed E-state index contributed by atoms with van der Waals surface area (Å²) < 4.78 is 31.5. The zero-order valence-corrected chi connectivity index (χ0v) is 17.0. The largest absolute Gasteiger partial charge is 0.454 e. The number of carbonyl (C=O) groups excluding carboxylic acids is 2. The number of amidine groups is 1. The van der Waals surface area contributed by atoms with Gasteiger partial charge in [-0.3, -0.25) is 14.5 Å². The van der Waals surface area contributed by atoms with E-state index in [1.807, 2.05) is 26.0 Å². The predicted molar refractivity (Wildman–Crippen MR) is 108 cm³/mol. The van der Waals surface area contributed by atoms with E-state index in [0.717, 1.165) is 11.1 Å². The molecule has 9 heteroatoms. The second-order valence-corrected chi connectivity index (χ2v) is 8.36. The molecule has 0 saturated heterocycles. The van der Waals surface area contributed by atoms with Crippen molar-refractivity contribution in [3.63, 3.8) is 0 Å². The van der Waals surface area contributed by atoms with Gasteiger partial charge in [0.2, 0.25) is 0 Å². The average molecular weight is 415 g/mol. The maximum absolute atomic E-state index is 12.2. The zero-order chi connectivity index (χ0) is 21.2. The number of nitrogens with one attached hydrogen (secondary N) is 2. The Bertz CT molecular complexity index is 1110. The number of fused-ring (bicyclic) bond motifs is 1. The molecule has 1 amide bonds. The van der Waals surface area contributed by atoms with Gasteiger partial charge in [-0.1, -0.05) is 18.2 Å². The van der Waals surface area contributed by atoms with Crippen molar-refractivity contribution in [3.8, 4) is 0 Å². The number of ether oxygens (including phenoxy) is 1. The Balaban J connectivity index is 1.60. The van der Waals surface area contributed by atoms with E-state index >= 15 is 0 Å². The number of rotatable bonds is 5. The topological polar surface area (TPSA) is 114 Å². The van der Waals surface area contributed by atoms with Crippen LogP contribution in [0.4, 0.5) is 5.69 Å². The van der Waals surface area contributed by atoms with Crippen molar-refractivity contribution >= 4 is 33.4 Å². The molecule has 0 bridgehead atoms. The molecular weight excluding hydrogens is 394 g/mol. The Morgan fingerprint density at radius 2 is 1.86 bits per heavy atom. The van der Waals surface area contributed by atoms with Gasteiger partial charge in [-0.2, -0.15) is 0 Å². The van der Waals surface area contributed by atoms with E-state index in [-0.39, 0.29) is 10.7 Å². The van der Waals surface area contributed by atoms with Gasteiger partial charge in [-0.15, -0.1) is 0 Å². The van der Waals surface area contributed by atoms with Crippen LogP contribution in [-0.2, 0) is 24.3 Å². The lowest BCUT2D eigenvalue weighted by atomic mass is 10.1. The molecule has 2 aromatic carbocycles. The van der Waals surface area contributed by atoms with Crippen LogP contribution >= 0.6 is 0 Å². The van der Waals surface area contributed by atoms with Crippen LogP contribution in [0.1, 0.15) is 23.6 Å². The minimum absolute atomic E-state index is 0.0737. The number of hydrogen-bond acceptors (Lipinski definition) is 6. The first-order chi connectivity index (χ1) is 13.7. The van der Waals surface area contributed by atoms with Gasteiger partial charge in [0.1, 0.15) is 11.9 Å². The first-order valence-electron chi connectivity index (χ1n) is 8.91. The molecule has 1 heterocycles. The molecule has 1 aliphatic heterocycles. The van der Waals surface area contributed by atoms with Crippen molar-refractivity contribution < 1.29 is 22.7 Å². The van der Waals surface area contributed by atoms with Gasteiger partial charge in [0, 0.05) is 11.3 Å². The number of sulfonamides is 1. The standard InChI is InChI=1S/C20H21N3O5S/c1-12-8-9-15(10-13(12)2)22-18(24)11-28-20(25)14(3)21-19-16-6-4-5-7-17(16)29(26,27)23-19/h4-10,14H,11H2,1-3H3,(H,21,23)(H,22,24)/t14-/m1/s1. The first-order valence-corrected chi connectivity index (χ1v) is 10.4. The van der Waals surface area contributed by atoms with Crippen molar-refractivity contribution in [1.29, 1.82) is 0 Å². The summed E-state index contributed by atoms with van der Waals surface area (Å²) in [5.74, 6) is -1.14.